The molecule has 0 heterocycles. The lowest BCUT2D eigenvalue weighted by Gasteiger charge is -2.21. The highest BCUT2D eigenvalue weighted by Crippen LogP contribution is 2.23. The van der Waals surface area contributed by atoms with Crippen LogP contribution in [0.1, 0.15) is 50.0 Å². The van der Waals surface area contributed by atoms with Crippen molar-refractivity contribution in [1.29, 1.82) is 0 Å². The summed E-state index contributed by atoms with van der Waals surface area (Å²) in [7, 11) is 1.31. The first-order valence-corrected chi connectivity index (χ1v) is 9.48. The van der Waals surface area contributed by atoms with Gasteiger partial charge in [-0.2, -0.15) is 0 Å². The molecular formula is C23H28N2O4. The number of nitrogens with one attached hydrogen (secondary N) is 1. The highest BCUT2D eigenvalue weighted by Gasteiger charge is 2.16. The van der Waals surface area contributed by atoms with Crippen LogP contribution in [0.5, 0.6) is 0 Å². The summed E-state index contributed by atoms with van der Waals surface area (Å²) in [6, 6.07) is 14.3. The Bertz CT molecular complexity index is 865. The highest BCUT2D eigenvalue weighted by atomic mass is 16.5. The van der Waals surface area contributed by atoms with Gasteiger partial charge < -0.3 is 15.0 Å². The molecule has 154 valence electrons. The SMILES string of the molecule is COC(=O)c1ccc(N(CCC(=O)Nc2ccc(C(C)(C)C)cc2)C(C)=O)cc1. The third-order valence-electron chi connectivity index (χ3n) is 4.58. The third kappa shape index (κ3) is 6.17. The van der Waals surface area contributed by atoms with Gasteiger partial charge in [-0.25, -0.2) is 4.79 Å². The molecule has 0 saturated heterocycles. The second kappa shape index (κ2) is 9.37. The van der Waals surface area contributed by atoms with Crippen LogP contribution in [0.3, 0.4) is 0 Å². The van der Waals surface area contributed by atoms with Gasteiger partial charge in [-0.05, 0) is 47.4 Å². The molecule has 0 saturated carbocycles. The zero-order valence-corrected chi connectivity index (χ0v) is 17.6. The fourth-order valence-corrected chi connectivity index (χ4v) is 2.85. The summed E-state index contributed by atoms with van der Waals surface area (Å²) in [5.74, 6) is -0.799. The van der Waals surface area contributed by atoms with Gasteiger partial charge in [0.25, 0.3) is 0 Å². The summed E-state index contributed by atoms with van der Waals surface area (Å²) >= 11 is 0. The highest BCUT2D eigenvalue weighted by molar-refractivity contribution is 5.95. The van der Waals surface area contributed by atoms with Crippen molar-refractivity contribution in [2.24, 2.45) is 0 Å². The van der Waals surface area contributed by atoms with Gasteiger partial charge in [0.15, 0.2) is 0 Å². The average molecular weight is 396 g/mol. The van der Waals surface area contributed by atoms with E-state index in [0.29, 0.717) is 11.3 Å². The number of anilines is 2. The molecule has 0 aromatic heterocycles. The van der Waals surface area contributed by atoms with Crippen molar-refractivity contribution in [1.82, 2.24) is 0 Å². The van der Waals surface area contributed by atoms with Crippen LogP contribution in [0.15, 0.2) is 48.5 Å². The summed E-state index contributed by atoms with van der Waals surface area (Å²) < 4.78 is 4.67. The molecule has 2 rings (SSSR count). The fraction of sp³-hybridized carbons (Fsp3) is 0.348. The van der Waals surface area contributed by atoms with Crippen molar-refractivity contribution < 1.29 is 19.1 Å². The van der Waals surface area contributed by atoms with Gasteiger partial charge in [-0.3, -0.25) is 9.59 Å². The standard InChI is InChI=1S/C23H28N2O4/c1-16(26)25(20-12-6-17(7-13-20)22(28)29-5)15-14-21(27)24-19-10-8-18(9-11-19)23(2,3)4/h6-13H,14-15H2,1-5H3,(H,24,27). The molecule has 0 atom stereocenters. The Hall–Kier alpha value is -3.15. The number of rotatable bonds is 6. The summed E-state index contributed by atoms with van der Waals surface area (Å²) in [4.78, 5) is 37.4. The van der Waals surface area contributed by atoms with Crippen molar-refractivity contribution in [3.63, 3.8) is 0 Å². The Labute approximate surface area is 171 Å². The lowest BCUT2D eigenvalue weighted by atomic mass is 9.87. The number of benzene rings is 2. The number of carbonyl (C=O) groups is 3. The molecule has 2 amide bonds. The minimum Gasteiger partial charge on any atom is -0.465 e. The fourth-order valence-electron chi connectivity index (χ4n) is 2.85. The Morgan fingerprint density at radius 1 is 0.966 bits per heavy atom. The largest absolute Gasteiger partial charge is 0.465 e. The van der Waals surface area contributed by atoms with Crippen LogP contribution in [0.2, 0.25) is 0 Å². The van der Waals surface area contributed by atoms with E-state index in [1.54, 1.807) is 24.3 Å². The summed E-state index contributed by atoms with van der Waals surface area (Å²) in [5, 5.41) is 2.86. The van der Waals surface area contributed by atoms with E-state index >= 15 is 0 Å². The third-order valence-corrected chi connectivity index (χ3v) is 4.58. The molecule has 6 nitrogen and oxygen atoms in total. The van der Waals surface area contributed by atoms with Crippen LogP contribution >= 0.6 is 0 Å². The normalized spacial score (nSPS) is 10.9. The topological polar surface area (TPSA) is 75.7 Å². The maximum Gasteiger partial charge on any atom is 0.337 e. The first-order chi connectivity index (χ1) is 13.6. The minimum absolute atomic E-state index is 0.0495. The first kappa shape index (κ1) is 22.1. The molecule has 1 N–H and O–H groups in total. The summed E-state index contributed by atoms with van der Waals surface area (Å²) in [5.41, 5.74) is 2.98. The minimum atomic E-state index is -0.442. The van der Waals surface area contributed by atoms with E-state index in [9.17, 15) is 14.4 Å². The van der Waals surface area contributed by atoms with Crippen LogP contribution in [0, 0.1) is 0 Å². The van der Waals surface area contributed by atoms with E-state index in [1.807, 2.05) is 24.3 Å². The van der Waals surface area contributed by atoms with Crippen LogP contribution in [-0.4, -0.2) is 31.4 Å². The Morgan fingerprint density at radius 2 is 1.55 bits per heavy atom. The zero-order chi connectivity index (χ0) is 21.6. The number of esters is 1. The van der Waals surface area contributed by atoms with Crippen LogP contribution in [-0.2, 0) is 19.7 Å². The van der Waals surface area contributed by atoms with Gasteiger partial charge in [0, 0.05) is 31.3 Å². The number of carbonyl (C=O) groups excluding carboxylic acids is 3. The number of hydrogen-bond donors (Lipinski definition) is 1. The van der Waals surface area contributed by atoms with Gasteiger partial charge in [-0.1, -0.05) is 32.9 Å². The molecule has 0 aliphatic carbocycles. The maximum atomic E-state index is 12.3. The van der Waals surface area contributed by atoms with Crippen molar-refractivity contribution in [2.75, 3.05) is 23.9 Å². The molecule has 0 aliphatic rings. The average Bonchev–Trinajstić information content (AvgIpc) is 2.67. The molecule has 2 aromatic carbocycles. The van der Waals surface area contributed by atoms with Gasteiger partial charge in [-0.15, -0.1) is 0 Å². The van der Waals surface area contributed by atoms with E-state index in [-0.39, 0.29) is 30.2 Å². The van der Waals surface area contributed by atoms with Gasteiger partial charge >= 0.3 is 5.97 Å². The second-order valence-electron chi connectivity index (χ2n) is 7.83. The molecule has 29 heavy (non-hydrogen) atoms. The summed E-state index contributed by atoms with van der Waals surface area (Å²) in [6.07, 6.45) is 0.152. The molecule has 0 aliphatic heterocycles. The molecule has 0 unspecified atom stereocenters. The predicted molar refractivity (Wildman–Crippen MR) is 114 cm³/mol. The number of amides is 2. The number of nitrogens with zero attached hydrogens (tertiary/aromatic N) is 1. The molecular weight excluding hydrogens is 368 g/mol. The molecule has 0 spiro atoms. The van der Waals surface area contributed by atoms with Crippen LogP contribution < -0.4 is 10.2 Å². The van der Waals surface area contributed by atoms with E-state index in [0.717, 1.165) is 5.69 Å². The van der Waals surface area contributed by atoms with E-state index < -0.39 is 5.97 Å². The van der Waals surface area contributed by atoms with Crippen LogP contribution in [0.4, 0.5) is 11.4 Å². The Kier molecular flexibility index (Phi) is 7.15. The maximum absolute atomic E-state index is 12.3. The van der Waals surface area contributed by atoms with Gasteiger partial charge in [0.05, 0.1) is 12.7 Å². The second-order valence-corrected chi connectivity index (χ2v) is 7.83. The van der Waals surface area contributed by atoms with Crippen molar-refractivity contribution in [3.05, 3.63) is 59.7 Å². The quantitative estimate of drug-likeness (QED) is 0.744. The number of ether oxygens (including phenoxy) is 1. The molecule has 6 heteroatoms. The van der Waals surface area contributed by atoms with Gasteiger partial charge in [0.2, 0.25) is 11.8 Å². The van der Waals surface area contributed by atoms with Gasteiger partial charge in [0.1, 0.15) is 0 Å². The lowest BCUT2D eigenvalue weighted by molar-refractivity contribution is -0.117. The van der Waals surface area contributed by atoms with Crippen molar-refractivity contribution in [2.45, 2.75) is 39.5 Å². The number of hydrogen-bond acceptors (Lipinski definition) is 4. The first-order valence-electron chi connectivity index (χ1n) is 9.48. The molecule has 0 radical (unpaired) electrons. The predicted octanol–water partition coefficient (Wildman–Crippen LogP) is 4.15. The van der Waals surface area contributed by atoms with E-state index in [1.165, 1.54) is 24.5 Å². The summed E-state index contributed by atoms with van der Waals surface area (Å²) in [6.45, 7) is 8.08. The van der Waals surface area contributed by atoms with Crippen LogP contribution in [0.25, 0.3) is 0 Å². The van der Waals surface area contributed by atoms with E-state index in [2.05, 4.69) is 30.8 Å². The monoisotopic (exact) mass is 396 g/mol. The smallest absolute Gasteiger partial charge is 0.337 e. The van der Waals surface area contributed by atoms with E-state index in [4.69, 9.17) is 0 Å². The van der Waals surface area contributed by atoms with Crippen molar-refractivity contribution >= 4 is 29.2 Å². The molecule has 2 aromatic rings. The van der Waals surface area contributed by atoms with Crippen molar-refractivity contribution in [3.8, 4) is 0 Å². The zero-order valence-electron chi connectivity index (χ0n) is 17.6. The molecule has 0 bridgehead atoms. The molecule has 0 fully saturated rings. The Balaban J connectivity index is 1.98. The Morgan fingerprint density at radius 3 is 2.03 bits per heavy atom. The number of methoxy groups -OCH3 is 1. The lowest BCUT2D eigenvalue weighted by Crippen LogP contribution is -2.32.